The molecular weight excluding hydrogens is 472 g/mol. The van der Waals surface area contributed by atoms with Gasteiger partial charge in [-0.25, -0.2) is 4.98 Å². The van der Waals surface area contributed by atoms with Crippen LogP contribution in [0.3, 0.4) is 0 Å². The lowest BCUT2D eigenvalue weighted by Crippen LogP contribution is -2.23. The van der Waals surface area contributed by atoms with Crippen LogP contribution >= 0.6 is 23.1 Å². The van der Waals surface area contributed by atoms with Crippen molar-refractivity contribution in [1.29, 1.82) is 0 Å². The van der Waals surface area contributed by atoms with Crippen molar-refractivity contribution in [3.8, 4) is 22.9 Å². The van der Waals surface area contributed by atoms with Crippen LogP contribution in [0, 0.1) is 0 Å². The van der Waals surface area contributed by atoms with Gasteiger partial charge >= 0.3 is 0 Å². The van der Waals surface area contributed by atoms with Crippen molar-refractivity contribution in [2.45, 2.75) is 17.5 Å². The molecule has 0 amide bonds. The Morgan fingerprint density at radius 1 is 1.03 bits per heavy atom. The molecule has 0 saturated heterocycles. The number of aromatic nitrogens is 4. The van der Waals surface area contributed by atoms with Gasteiger partial charge in [-0.3, -0.25) is 9.36 Å². The van der Waals surface area contributed by atoms with Crippen LogP contribution < -0.4 is 15.0 Å². The van der Waals surface area contributed by atoms with Crippen molar-refractivity contribution in [2.75, 3.05) is 14.2 Å². The molecule has 0 spiro atoms. The van der Waals surface area contributed by atoms with Crippen LogP contribution in [0.5, 0.6) is 11.5 Å². The van der Waals surface area contributed by atoms with Crippen molar-refractivity contribution in [1.82, 2.24) is 19.7 Å². The number of methoxy groups -OCH3 is 2. The van der Waals surface area contributed by atoms with E-state index in [4.69, 9.17) is 19.0 Å². The first-order valence-corrected chi connectivity index (χ1v) is 12.2. The monoisotopic (exact) mass is 492 g/mol. The van der Waals surface area contributed by atoms with Crippen LogP contribution in [-0.4, -0.2) is 33.9 Å². The molecule has 3 aromatic heterocycles. The van der Waals surface area contributed by atoms with E-state index in [1.54, 1.807) is 24.9 Å². The van der Waals surface area contributed by atoms with E-state index in [1.807, 2.05) is 53.9 Å². The van der Waals surface area contributed by atoms with Crippen LogP contribution in [0.15, 0.2) is 74.5 Å². The first kappa shape index (κ1) is 22.2. The van der Waals surface area contributed by atoms with Gasteiger partial charge in [0.05, 0.1) is 32.0 Å². The number of ether oxygens (including phenoxy) is 2. The second-order valence-electron chi connectivity index (χ2n) is 7.31. The molecule has 0 radical (unpaired) electrons. The summed E-state index contributed by atoms with van der Waals surface area (Å²) in [5.41, 5.74) is 2.38. The molecule has 0 atom stereocenters. The number of benzene rings is 2. The summed E-state index contributed by atoms with van der Waals surface area (Å²) in [5.74, 6) is 2.48. The summed E-state index contributed by atoms with van der Waals surface area (Å²) in [5, 5.41) is 6.58. The predicted molar refractivity (Wildman–Crippen MR) is 132 cm³/mol. The Morgan fingerprint density at radius 2 is 1.79 bits per heavy atom. The zero-order valence-corrected chi connectivity index (χ0v) is 20.1. The van der Waals surface area contributed by atoms with Gasteiger partial charge in [0.25, 0.3) is 5.56 Å². The normalized spacial score (nSPS) is 11.1. The van der Waals surface area contributed by atoms with E-state index in [2.05, 4.69) is 10.1 Å². The van der Waals surface area contributed by atoms with Crippen LogP contribution in [0.25, 0.3) is 21.6 Å². The second-order valence-corrected chi connectivity index (χ2v) is 9.17. The number of rotatable bonds is 8. The smallest absolute Gasteiger partial charge is 0.272 e. The number of thiophene rings is 1. The third-order valence-corrected chi connectivity index (χ3v) is 6.97. The Hall–Kier alpha value is -3.63. The number of nitrogens with zero attached hydrogens (tertiary/aromatic N) is 4. The molecule has 0 bridgehead atoms. The summed E-state index contributed by atoms with van der Waals surface area (Å²) in [4.78, 5) is 22.4. The van der Waals surface area contributed by atoms with Crippen molar-refractivity contribution in [3.05, 3.63) is 81.8 Å². The number of hydrogen-bond donors (Lipinski definition) is 0. The fraction of sp³-hybridized carbons (Fsp3) is 0.167. The maximum atomic E-state index is 13.2. The van der Waals surface area contributed by atoms with Crippen LogP contribution in [0.2, 0.25) is 0 Å². The first-order valence-electron chi connectivity index (χ1n) is 10.4. The van der Waals surface area contributed by atoms with Gasteiger partial charge in [0.15, 0.2) is 5.16 Å². The first-order chi connectivity index (χ1) is 16.6. The van der Waals surface area contributed by atoms with E-state index < -0.39 is 0 Å². The standard InChI is InChI=1S/C24H20N4O4S2/c1-30-17-10-16(11-18(12-17)31-2)22-26-20(32-27-22)14-34-24-25-19-8-9-33-21(19)23(29)28(24)13-15-6-4-3-5-7-15/h3-12H,13-14H2,1-2H3. The van der Waals surface area contributed by atoms with Gasteiger partial charge in [0, 0.05) is 11.6 Å². The molecule has 5 aromatic rings. The number of hydrogen-bond acceptors (Lipinski definition) is 9. The topological polar surface area (TPSA) is 92.3 Å². The molecule has 0 fully saturated rings. The molecular formula is C24H20N4O4S2. The van der Waals surface area contributed by atoms with Gasteiger partial charge in [0.2, 0.25) is 11.7 Å². The highest BCUT2D eigenvalue weighted by Gasteiger charge is 2.16. The van der Waals surface area contributed by atoms with Crippen molar-refractivity contribution >= 4 is 33.3 Å². The number of fused-ring (bicyclic) bond motifs is 1. The van der Waals surface area contributed by atoms with E-state index in [9.17, 15) is 4.79 Å². The zero-order valence-electron chi connectivity index (χ0n) is 18.4. The average molecular weight is 493 g/mol. The number of thioether (sulfide) groups is 1. The van der Waals surface area contributed by atoms with Gasteiger partial charge in [-0.05, 0) is 29.1 Å². The minimum absolute atomic E-state index is 0.0546. The minimum atomic E-state index is -0.0546. The SMILES string of the molecule is COc1cc(OC)cc(-c2noc(CSc3nc4ccsc4c(=O)n3Cc3ccccc3)n2)c1. The summed E-state index contributed by atoms with van der Waals surface area (Å²) in [6.07, 6.45) is 0. The zero-order chi connectivity index (χ0) is 23.5. The fourth-order valence-electron chi connectivity index (χ4n) is 3.43. The molecule has 0 N–H and O–H groups in total. The fourth-order valence-corrected chi connectivity index (χ4v) is 5.05. The third kappa shape index (κ3) is 4.55. The molecule has 10 heteroatoms. The van der Waals surface area contributed by atoms with Crippen LogP contribution in [-0.2, 0) is 12.3 Å². The lowest BCUT2D eigenvalue weighted by molar-refractivity contribution is 0.390. The Kier molecular flexibility index (Phi) is 6.33. The molecule has 8 nitrogen and oxygen atoms in total. The van der Waals surface area contributed by atoms with Crippen molar-refractivity contribution in [2.24, 2.45) is 0 Å². The van der Waals surface area contributed by atoms with Gasteiger partial charge in [-0.1, -0.05) is 47.3 Å². The van der Waals surface area contributed by atoms with Gasteiger partial charge in [-0.15, -0.1) is 11.3 Å². The van der Waals surface area contributed by atoms with Gasteiger partial charge in [-0.2, -0.15) is 4.98 Å². The highest BCUT2D eigenvalue weighted by Crippen LogP contribution is 2.29. The Bertz CT molecular complexity index is 1470. The largest absolute Gasteiger partial charge is 0.497 e. The quantitative estimate of drug-likeness (QED) is 0.224. The molecule has 0 aliphatic carbocycles. The van der Waals surface area contributed by atoms with Crippen LogP contribution in [0.4, 0.5) is 0 Å². The van der Waals surface area contributed by atoms with Gasteiger partial charge < -0.3 is 14.0 Å². The predicted octanol–water partition coefficient (Wildman–Crippen LogP) is 4.87. The molecule has 0 unspecified atom stereocenters. The summed E-state index contributed by atoms with van der Waals surface area (Å²) < 4.78 is 18.5. The summed E-state index contributed by atoms with van der Waals surface area (Å²) in [7, 11) is 3.17. The Balaban J connectivity index is 1.42. The van der Waals surface area contributed by atoms with Crippen molar-refractivity contribution in [3.63, 3.8) is 0 Å². The molecule has 172 valence electrons. The minimum Gasteiger partial charge on any atom is -0.497 e. The summed E-state index contributed by atoms with van der Waals surface area (Å²) in [6.45, 7) is 0.432. The molecule has 0 aliphatic rings. The summed E-state index contributed by atoms with van der Waals surface area (Å²) in [6, 6.07) is 17.1. The Morgan fingerprint density at radius 3 is 2.53 bits per heavy atom. The maximum absolute atomic E-state index is 13.2. The molecule has 3 heterocycles. The lowest BCUT2D eigenvalue weighted by atomic mass is 10.2. The second kappa shape index (κ2) is 9.70. The highest BCUT2D eigenvalue weighted by atomic mass is 32.2. The molecule has 0 aliphatic heterocycles. The van der Waals surface area contributed by atoms with E-state index in [1.165, 1.54) is 23.1 Å². The molecule has 5 rings (SSSR count). The van der Waals surface area contributed by atoms with Gasteiger partial charge in [0.1, 0.15) is 16.2 Å². The van der Waals surface area contributed by atoms with E-state index >= 15 is 0 Å². The Labute approximate surface area is 203 Å². The van der Waals surface area contributed by atoms with E-state index in [-0.39, 0.29) is 5.56 Å². The van der Waals surface area contributed by atoms with Crippen LogP contribution in [0.1, 0.15) is 11.5 Å². The molecule has 2 aromatic carbocycles. The maximum Gasteiger partial charge on any atom is 0.272 e. The van der Waals surface area contributed by atoms with Crippen molar-refractivity contribution < 1.29 is 14.0 Å². The highest BCUT2D eigenvalue weighted by molar-refractivity contribution is 7.98. The molecule has 0 saturated carbocycles. The van der Waals surface area contributed by atoms with E-state index in [0.29, 0.717) is 50.9 Å². The summed E-state index contributed by atoms with van der Waals surface area (Å²) >= 11 is 2.79. The lowest BCUT2D eigenvalue weighted by Gasteiger charge is -2.11. The molecule has 34 heavy (non-hydrogen) atoms. The van der Waals surface area contributed by atoms with E-state index in [0.717, 1.165) is 11.1 Å². The average Bonchev–Trinajstić information content (AvgIpc) is 3.55. The third-order valence-electron chi connectivity index (χ3n) is 5.12.